The van der Waals surface area contributed by atoms with Crippen molar-refractivity contribution >= 4 is 15.9 Å². The number of alkyl halides is 1. The molecular weight excluding hydrogens is 252 g/mol. The first-order valence-corrected chi connectivity index (χ1v) is 6.44. The summed E-state index contributed by atoms with van der Waals surface area (Å²) in [6.07, 6.45) is 1.10. The van der Waals surface area contributed by atoms with Gasteiger partial charge in [0.25, 0.3) is 0 Å². The van der Waals surface area contributed by atoms with Crippen molar-refractivity contribution in [2.45, 2.75) is 25.1 Å². The summed E-state index contributed by atoms with van der Waals surface area (Å²) in [5.74, 6) is 0.596. The Morgan fingerprint density at radius 2 is 1.93 bits per heavy atom. The van der Waals surface area contributed by atoms with Crippen LogP contribution in [0.5, 0.6) is 0 Å². The molecule has 0 aromatic heterocycles. The highest BCUT2D eigenvalue weighted by Gasteiger charge is 2.15. The highest BCUT2D eigenvalue weighted by Crippen LogP contribution is 2.32. The number of hydrogen-bond donors (Lipinski definition) is 0. The van der Waals surface area contributed by atoms with Crippen LogP contribution in [0.4, 0.5) is 0 Å². The van der Waals surface area contributed by atoms with Crippen LogP contribution in [0.3, 0.4) is 0 Å². The molecule has 0 bridgehead atoms. The molecule has 0 radical (unpaired) electrons. The average Bonchev–Trinajstić information content (AvgIpc) is 2.29. The molecule has 0 aliphatic heterocycles. The van der Waals surface area contributed by atoms with Crippen LogP contribution in [-0.2, 0) is 4.74 Å². The van der Waals surface area contributed by atoms with Crippen molar-refractivity contribution in [3.63, 3.8) is 0 Å². The molecule has 2 atom stereocenters. The van der Waals surface area contributed by atoms with Crippen molar-refractivity contribution in [2.75, 3.05) is 13.2 Å². The van der Waals surface area contributed by atoms with Gasteiger partial charge in [-0.3, -0.25) is 0 Å². The predicted molar refractivity (Wildman–Crippen MR) is 68.4 cm³/mol. The van der Waals surface area contributed by atoms with Crippen molar-refractivity contribution < 1.29 is 4.74 Å². The Balaban J connectivity index is 2.42. The topological polar surface area (TPSA) is 9.23 Å². The van der Waals surface area contributed by atoms with E-state index in [9.17, 15) is 0 Å². The second-order valence-electron chi connectivity index (χ2n) is 3.78. The van der Waals surface area contributed by atoms with Gasteiger partial charge in [0.05, 0.1) is 0 Å². The lowest BCUT2D eigenvalue weighted by Crippen LogP contribution is -2.07. The summed E-state index contributed by atoms with van der Waals surface area (Å²) in [7, 11) is 0. The molecule has 1 aromatic carbocycles. The molecule has 0 heterocycles. The van der Waals surface area contributed by atoms with Crippen molar-refractivity contribution in [2.24, 2.45) is 5.92 Å². The normalized spacial score (nSPS) is 14.9. The van der Waals surface area contributed by atoms with Crippen LogP contribution in [0.15, 0.2) is 30.3 Å². The Morgan fingerprint density at radius 3 is 2.53 bits per heavy atom. The fourth-order valence-corrected chi connectivity index (χ4v) is 2.09. The van der Waals surface area contributed by atoms with Gasteiger partial charge in [-0.25, -0.2) is 0 Å². The van der Waals surface area contributed by atoms with Crippen LogP contribution in [0.2, 0.25) is 0 Å². The fraction of sp³-hybridized carbons (Fsp3) is 0.538. The Kier molecular flexibility index (Phi) is 5.96. The van der Waals surface area contributed by atoms with Gasteiger partial charge in [-0.1, -0.05) is 53.2 Å². The van der Waals surface area contributed by atoms with E-state index in [0.717, 1.165) is 19.6 Å². The highest BCUT2D eigenvalue weighted by atomic mass is 79.9. The minimum atomic E-state index is 0.430. The smallest absolute Gasteiger partial charge is 0.0468 e. The third-order valence-corrected chi connectivity index (χ3v) is 3.97. The molecule has 2 unspecified atom stereocenters. The Morgan fingerprint density at radius 1 is 1.27 bits per heavy atom. The summed E-state index contributed by atoms with van der Waals surface area (Å²) in [5, 5.41) is 0. The molecule has 0 fully saturated rings. The van der Waals surface area contributed by atoms with E-state index in [1.807, 2.05) is 13.0 Å². The number of hydrogen-bond acceptors (Lipinski definition) is 1. The molecule has 15 heavy (non-hydrogen) atoms. The Bertz CT molecular complexity index is 260. The van der Waals surface area contributed by atoms with E-state index < -0.39 is 0 Å². The van der Waals surface area contributed by atoms with E-state index in [1.54, 1.807) is 0 Å². The summed E-state index contributed by atoms with van der Waals surface area (Å²) in [5.41, 5.74) is 1.35. The van der Waals surface area contributed by atoms with Crippen LogP contribution in [0.25, 0.3) is 0 Å². The number of ether oxygens (including phenoxy) is 1. The van der Waals surface area contributed by atoms with Crippen molar-refractivity contribution in [1.29, 1.82) is 0 Å². The first kappa shape index (κ1) is 12.7. The Hall–Kier alpha value is -0.340. The van der Waals surface area contributed by atoms with E-state index in [1.165, 1.54) is 5.56 Å². The molecule has 1 nitrogen and oxygen atoms in total. The molecule has 84 valence electrons. The zero-order chi connectivity index (χ0) is 11.1. The molecule has 2 heteroatoms. The van der Waals surface area contributed by atoms with Crippen molar-refractivity contribution in [3.05, 3.63) is 35.9 Å². The van der Waals surface area contributed by atoms with Gasteiger partial charge in [-0.15, -0.1) is 0 Å². The van der Waals surface area contributed by atoms with E-state index in [4.69, 9.17) is 4.74 Å². The summed E-state index contributed by atoms with van der Waals surface area (Å²) in [4.78, 5) is 0.430. The molecule has 0 saturated carbocycles. The van der Waals surface area contributed by atoms with Gasteiger partial charge < -0.3 is 4.74 Å². The van der Waals surface area contributed by atoms with Gasteiger partial charge in [0.15, 0.2) is 0 Å². The van der Waals surface area contributed by atoms with Gasteiger partial charge in [0.2, 0.25) is 0 Å². The minimum Gasteiger partial charge on any atom is -0.382 e. The second-order valence-corrected chi connectivity index (χ2v) is 4.76. The standard InChI is InChI=1S/C13H19BrO/c1-3-15-10-9-11(2)13(14)12-7-5-4-6-8-12/h4-8,11,13H,3,9-10H2,1-2H3. The zero-order valence-electron chi connectivity index (χ0n) is 9.45. The summed E-state index contributed by atoms with van der Waals surface area (Å²) in [6.45, 7) is 5.95. The number of rotatable bonds is 6. The maximum absolute atomic E-state index is 5.37. The first-order valence-electron chi connectivity index (χ1n) is 5.52. The largest absolute Gasteiger partial charge is 0.382 e. The molecular formula is C13H19BrO. The summed E-state index contributed by atoms with van der Waals surface area (Å²) in [6, 6.07) is 10.5. The minimum absolute atomic E-state index is 0.430. The van der Waals surface area contributed by atoms with E-state index in [-0.39, 0.29) is 0 Å². The number of halogens is 1. The van der Waals surface area contributed by atoms with Gasteiger partial charge in [0.1, 0.15) is 0 Å². The molecule has 0 spiro atoms. The lowest BCUT2D eigenvalue weighted by atomic mass is 9.98. The maximum Gasteiger partial charge on any atom is 0.0468 e. The van der Waals surface area contributed by atoms with Gasteiger partial charge in [0, 0.05) is 18.0 Å². The molecule has 0 aliphatic rings. The lowest BCUT2D eigenvalue weighted by molar-refractivity contribution is 0.134. The molecule has 0 N–H and O–H groups in total. The van der Waals surface area contributed by atoms with E-state index in [2.05, 4.69) is 47.1 Å². The first-order chi connectivity index (χ1) is 7.25. The highest BCUT2D eigenvalue weighted by molar-refractivity contribution is 9.09. The van der Waals surface area contributed by atoms with Crippen molar-refractivity contribution in [3.8, 4) is 0 Å². The molecule has 1 aromatic rings. The van der Waals surface area contributed by atoms with Crippen LogP contribution < -0.4 is 0 Å². The quantitative estimate of drug-likeness (QED) is 0.557. The zero-order valence-corrected chi connectivity index (χ0v) is 11.0. The third kappa shape index (κ3) is 4.35. The second kappa shape index (κ2) is 7.02. The van der Waals surface area contributed by atoms with Gasteiger partial charge >= 0.3 is 0 Å². The van der Waals surface area contributed by atoms with Gasteiger partial charge in [-0.2, -0.15) is 0 Å². The molecule has 0 amide bonds. The van der Waals surface area contributed by atoms with Crippen molar-refractivity contribution in [1.82, 2.24) is 0 Å². The van der Waals surface area contributed by atoms with E-state index >= 15 is 0 Å². The molecule has 0 aliphatic carbocycles. The number of benzene rings is 1. The van der Waals surface area contributed by atoms with E-state index in [0.29, 0.717) is 10.7 Å². The SMILES string of the molecule is CCOCCC(C)C(Br)c1ccccc1. The summed E-state index contributed by atoms with van der Waals surface area (Å²) >= 11 is 3.75. The molecule has 0 saturated heterocycles. The summed E-state index contributed by atoms with van der Waals surface area (Å²) < 4.78 is 5.37. The lowest BCUT2D eigenvalue weighted by Gasteiger charge is -2.18. The van der Waals surface area contributed by atoms with Crippen LogP contribution in [0.1, 0.15) is 30.7 Å². The van der Waals surface area contributed by atoms with Gasteiger partial charge in [-0.05, 0) is 24.8 Å². The van der Waals surface area contributed by atoms with Crippen LogP contribution in [-0.4, -0.2) is 13.2 Å². The molecule has 1 rings (SSSR count). The average molecular weight is 271 g/mol. The van der Waals surface area contributed by atoms with Crippen LogP contribution >= 0.6 is 15.9 Å². The Labute approximate surface area is 101 Å². The predicted octanol–water partition coefficient (Wildman–Crippen LogP) is 4.19. The fourth-order valence-electron chi connectivity index (χ4n) is 1.53. The van der Waals surface area contributed by atoms with Crippen LogP contribution in [0, 0.1) is 5.92 Å². The third-order valence-electron chi connectivity index (χ3n) is 2.54. The monoisotopic (exact) mass is 270 g/mol. The maximum atomic E-state index is 5.37.